The number of methoxy groups -OCH3 is 5. The first-order valence-electron chi connectivity index (χ1n) is 9.10. The molecule has 1 aliphatic heterocycles. The van der Waals surface area contributed by atoms with Gasteiger partial charge >= 0.3 is 0 Å². The van der Waals surface area contributed by atoms with Gasteiger partial charge in [-0.15, -0.1) is 0 Å². The molecule has 0 saturated heterocycles. The maximum atomic E-state index is 12.7. The standard InChI is InChI=1S/C21H24N2O7/c1-25-15-7-6-12(8-16(15)26-2)14-11-19(30-23-14)21(24)22-13-9-17(27-3)20(29-5)18(10-13)28-4/h6-10,19H,11H2,1-5H3,(H,22,24)/t19-/m1/s1. The summed E-state index contributed by atoms with van der Waals surface area (Å²) in [6.07, 6.45) is -0.460. The molecule has 1 amide bonds. The lowest BCUT2D eigenvalue weighted by molar-refractivity contribution is -0.125. The number of amides is 1. The van der Waals surface area contributed by atoms with Crippen molar-refractivity contribution in [2.45, 2.75) is 12.5 Å². The van der Waals surface area contributed by atoms with Gasteiger partial charge in [0, 0.05) is 29.8 Å². The van der Waals surface area contributed by atoms with Crippen LogP contribution in [0.1, 0.15) is 12.0 Å². The molecule has 1 heterocycles. The van der Waals surface area contributed by atoms with Crippen molar-refractivity contribution in [1.82, 2.24) is 0 Å². The molecule has 0 aromatic heterocycles. The van der Waals surface area contributed by atoms with Crippen LogP contribution in [0.25, 0.3) is 0 Å². The maximum absolute atomic E-state index is 12.7. The number of carbonyl (C=O) groups excluding carboxylic acids is 1. The Morgan fingerprint density at radius 2 is 1.53 bits per heavy atom. The van der Waals surface area contributed by atoms with Crippen LogP contribution >= 0.6 is 0 Å². The Hall–Kier alpha value is -3.62. The molecule has 0 radical (unpaired) electrons. The SMILES string of the molecule is COc1ccc(C2=NO[C@@H](C(=O)Nc3cc(OC)c(OC)c(OC)c3)C2)cc1OC. The van der Waals surface area contributed by atoms with Crippen LogP contribution in [0.2, 0.25) is 0 Å². The van der Waals surface area contributed by atoms with Gasteiger partial charge in [0.2, 0.25) is 11.9 Å². The highest BCUT2D eigenvalue weighted by molar-refractivity contribution is 6.06. The molecule has 0 fully saturated rings. The van der Waals surface area contributed by atoms with Gasteiger partial charge in [0.1, 0.15) is 0 Å². The van der Waals surface area contributed by atoms with E-state index in [-0.39, 0.29) is 5.91 Å². The molecular formula is C21H24N2O7. The van der Waals surface area contributed by atoms with Gasteiger partial charge < -0.3 is 33.8 Å². The number of nitrogens with zero attached hydrogens (tertiary/aromatic N) is 1. The Morgan fingerprint density at radius 1 is 0.900 bits per heavy atom. The van der Waals surface area contributed by atoms with E-state index >= 15 is 0 Å². The van der Waals surface area contributed by atoms with Crippen LogP contribution in [0.5, 0.6) is 28.7 Å². The molecule has 1 aliphatic rings. The maximum Gasteiger partial charge on any atom is 0.268 e. The van der Waals surface area contributed by atoms with Crippen molar-refractivity contribution in [2.24, 2.45) is 5.16 Å². The van der Waals surface area contributed by atoms with Crippen LogP contribution in [0.4, 0.5) is 5.69 Å². The molecule has 0 bridgehead atoms. The molecule has 160 valence electrons. The number of anilines is 1. The van der Waals surface area contributed by atoms with Crippen molar-refractivity contribution < 1.29 is 33.3 Å². The zero-order valence-electron chi connectivity index (χ0n) is 17.5. The molecular weight excluding hydrogens is 392 g/mol. The van der Waals surface area contributed by atoms with E-state index in [4.69, 9.17) is 28.5 Å². The van der Waals surface area contributed by atoms with Gasteiger partial charge in [0.05, 0.1) is 41.3 Å². The van der Waals surface area contributed by atoms with Crippen LogP contribution in [0.3, 0.4) is 0 Å². The summed E-state index contributed by atoms with van der Waals surface area (Å²) in [7, 11) is 7.65. The molecule has 0 unspecified atom stereocenters. The van der Waals surface area contributed by atoms with Crippen molar-refractivity contribution in [3.05, 3.63) is 35.9 Å². The summed E-state index contributed by atoms with van der Waals surface area (Å²) in [6.45, 7) is 0. The van der Waals surface area contributed by atoms with Crippen LogP contribution in [0.15, 0.2) is 35.5 Å². The van der Waals surface area contributed by atoms with Crippen LogP contribution < -0.4 is 29.0 Å². The molecule has 0 aliphatic carbocycles. The van der Waals surface area contributed by atoms with E-state index in [0.29, 0.717) is 46.6 Å². The summed E-state index contributed by atoms with van der Waals surface area (Å²) in [6, 6.07) is 8.69. The minimum absolute atomic E-state index is 0.311. The zero-order valence-corrected chi connectivity index (χ0v) is 17.5. The highest BCUT2D eigenvalue weighted by Crippen LogP contribution is 2.40. The second kappa shape index (κ2) is 9.25. The van der Waals surface area contributed by atoms with Crippen LogP contribution in [-0.2, 0) is 9.63 Å². The summed E-state index contributed by atoms with van der Waals surface area (Å²) >= 11 is 0. The lowest BCUT2D eigenvalue weighted by atomic mass is 10.0. The van der Waals surface area contributed by atoms with E-state index in [1.807, 2.05) is 6.07 Å². The Morgan fingerprint density at radius 3 is 2.10 bits per heavy atom. The zero-order chi connectivity index (χ0) is 21.7. The third-order valence-corrected chi connectivity index (χ3v) is 4.61. The summed E-state index contributed by atoms with van der Waals surface area (Å²) in [4.78, 5) is 18.1. The quantitative estimate of drug-likeness (QED) is 0.707. The van der Waals surface area contributed by atoms with Crippen molar-refractivity contribution in [3.8, 4) is 28.7 Å². The predicted octanol–water partition coefficient (Wildman–Crippen LogP) is 2.86. The fraction of sp³-hybridized carbons (Fsp3) is 0.333. The predicted molar refractivity (Wildman–Crippen MR) is 110 cm³/mol. The number of ether oxygens (including phenoxy) is 5. The van der Waals surface area contributed by atoms with Crippen LogP contribution in [0, 0.1) is 0 Å². The summed E-state index contributed by atoms with van der Waals surface area (Å²) in [5.74, 6) is 2.14. The van der Waals surface area contributed by atoms with Gasteiger partial charge in [0.25, 0.3) is 5.91 Å². The third-order valence-electron chi connectivity index (χ3n) is 4.61. The normalized spacial score (nSPS) is 15.0. The highest BCUT2D eigenvalue weighted by atomic mass is 16.6. The van der Waals surface area contributed by atoms with Gasteiger partial charge in [0.15, 0.2) is 23.0 Å². The highest BCUT2D eigenvalue weighted by Gasteiger charge is 2.30. The van der Waals surface area contributed by atoms with Gasteiger partial charge in [-0.05, 0) is 18.2 Å². The Labute approximate surface area is 174 Å². The molecule has 30 heavy (non-hydrogen) atoms. The van der Waals surface area contributed by atoms with Gasteiger partial charge in [-0.3, -0.25) is 4.79 Å². The molecule has 2 aromatic carbocycles. The third kappa shape index (κ3) is 4.19. The first-order chi connectivity index (χ1) is 14.5. The Balaban J connectivity index is 1.72. The first kappa shape index (κ1) is 21.1. The van der Waals surface area contributed by atoms with E-state index < -0.39 is 6.10 Å². The fourth-order valence-corrected chi connectivity index (χ4v) is 3.08. The minimum atomic E-state index is -0.771. The van der Waals surface area contributed by atoms with E-state index in [9.17, 15) is 4.79 Å². The molecule has 0 spiro atoms. The van der Waals surface area contributed by atoms with E-state index in [1.54, 1.807) is 38.5 Å². The Kier molecular flexibility index (Phi) is 6.51. The number of hydrogen-bond donors (Lipinski definition) is 1. The average molecular weight is 416 g/mol. The van der Waals surface area contributed by atoms with E-state index in [2.05, 4.69) is 10.5 Å². The van der Waals surface area contributed by atoms with Crippen molar-refractivity contribution >= 4 is 17.3 Å². The number of benzene rings is 2. The monoisotopic (exact) mass is 416 g/mol. The summed E-state index contributed by atoms with van der Waals surface area (Å²) in [5.41, 5.74) is 1.91. The number of nitrogens with one attached hydrogen (secondary N) is 1. The second-order valence-electron chi connectivity index (χ2n) is 6.31. The lowest BCUT2D eigenvalue weighted by Crippen LogP contribution is -2.28. The smallest absolute Gasteiger partial charge is 0.268 e. The first-order valence-corrected chi connectivity index (χ1v) is 9.10. The minimum Gasteiger partial charge on any atom is -0.493 e. The topological polar surface area (TPSA) is 96.8 Å². The number of carbonyl (C=O) groups is 1. The molecule has 1 atom stereocenters. The number of rotatable bonds is 8. The van der Waals surface area contributed by atoms with Crippen molar-refractivity contribution in [1.29, 1.82) is 0 Å². The molecule has 9 nitrogen and oxygen atoms in total. The molecule has 0 saturated carbocycles. The Bertz CT molecular complexity index is 933. The van der Waals surface area contributed by atoms with E-state index in [0.717, 1.165) is 5.56 Å². The number of hydrogen-bond acceptors (Lipinski definition) is 8. The van der Waals surface area contributed by atoms with Crippen molar-refractivity contribution in [2.75, 3.05) is 40.9 Å². The van der Waals surface area contributed by atoms with Crippen molar-refractivity contribution in [3.63, 3.8) is 0 Å². The molecule has 3 rings (SSSR count). The largest absolute Gasteiger partial charge is 0.493 e. The number of oxime groups is 1. The van der Waals surface area contributed by atoms with E-state index in [1.165, 1.54) is 21.3 Å². The average Bonchev–Trinajstić information content (AvgIpc) is 3.28. The van der Waals surface area contributed by atoms with Gasteiger partial charge in [-0.2, -0.15) is 0 Å². The second-order valence-corrected chi connectivity index (χ2v) is 6.31. The molecule has 9 heteroatoms. The lowest BCUT2D eigenvalue weighted by Gasteiger charge is -2.15. The summed E-state index contributed by atoms with van der Waals surface area (Å²) in [5, 5.41) is 6.87. The van der Waals surface area contributed by atoms with Gasteiger partial charge in [-0.25, -0.2) is 0 Å². The van der Waals surface area contributed by atoms with Gasteiger partial charge in [-0.1, -0.05) is 5.16 Å². The molecule has 2 aromatic rings. The van der Waals surface area contributed by atoms with Crippen LogP contribution in [-0.4, -0.2) is 53.3 Å². The summed E-state index contributed by atoms with van der Waals surface area (Å²) < 4.78 is 26.5. The fourth-order valence-electron chi connectivity index (χ4n) is 3.08. The molecule has 1 N–H and O–H groups in total.